The quantitative estimate of drug-likeness (QED) is 0.819. The fourth-order valence-electron chi connectivity index (χ4n) is 1.54. The second-order valence-corrected chi connectivity index (χ2v) is 4.71. The van der Waals surface area contributed by atoms with Gasteiger partial charge >= 0.3 is 5.97 Å². The number of amides is 1. The van der Waals surface area contributed by atoms with Gasteiger partial charge in [-0.3, -0.25) is 14.3 Å². The van der Waals surface area contributed by atoms with E-state index in [1.807, 2.05) is 13.8 Å². The van der Waals surface area contributed by atoms with Crippen LogP contribution in [0.25, 0.3) is 0 Å². The minimum atomic E-state index is -0.925. The molecule has 2 N–H and O–H groups in total. The highest BCUT2D eigenvalue weighted by Gasteiger charge is 2.19. The van der Waals surface area contributed by atoms with E-state index in [-0.39, 0.29) is 18.4 Å². The van der Waals surface area contributed by atoms with Crippen LogP contribution in [-0.2, 0) is 11.8 Å². The average molecular weight is 253 g/mol. The van der Waals surface area contributed by atoms with Gasteiger partial charge in [0.1, 0.15) is 0 Å². The fraction of sp³-hybridized carbons (Fsp3) is 0.583. The normalized spacial score (nSPS) is 12.5. The molecular weight excluding hydrogens is 234 g/mol. The highest BCUT2D eigenvalue weighted by Crippen LogP contribution is 2.17. The van der Waals surface area contributed by atoms with Gasteiger partial charge in [-0.1, -0.05) is 20.8 Å². The third-order valence-corrected chi connectivity index (χ3v) is 2.64. The predicted molar refractivity (Wildman–Crippen MR) is 66.4 cm³/mol. The van der Waals surface area contributed by atoms with Crippen molar-refractivity contribution in [2.45, 2.75) is 26.7 Å². The summed E-state index contributed by atoms with van der Waals surface area (Å²) in [5.41, 5.74) is 1.23. The fourth-order valence-corrected chi connectivity index (χ4v) is 1.54. The highest BCUT2D eigenvalue weighted by molar-refractivity contribution is 5.95. The minimum absolute atomic E-state index is 0.112. The molecular formula is C12H19N3O3. The molecule has 0 spiro atoms. The van der Waals surface area contributed by atoms with Crippen molar-refractivity contribution >= 4 is 11.9 Å². The van der Waals surface area contributed by atoms with Crippen LogP contribution in [0.5, 0.6) is 0 Å². The van der Waals surface area contributed by atoms with Gasteiger partial charge in [0, 0.05) is 19.8 Å². The number of rotatable bonds is 5. The second kappa shape index (κ2) is 5.66. The van der Waals surface area contributed by atoms with Crippen LogP contribution >= 0.6 is 0 Å². The number of nitrogens with zero attached hydrogens (tertiary/aromatic N) is 2. The largest absolute Gasteiger partial charge is 0.481 e. The molecule has 0 aromatic carbocycles. The summed E-state index contributed by atoms with van der Waals surface area (Å²) in [6.45, 7) is 5.58. The number of hydrogen-bond acceptors (Lipinski definition) is 3. The van der Waals surface area contributed by atoms with Gasteiger partial charge in [0.2, 0.25) is 0 Å². The number of nitrogens with one attached hydrogen (secondary N) is 1. The van der Waals surface area contributed by atoms with Crippen LogP contribution in [0.1, 0.15) is 42.7 Å². The van der Waals surface area contributed by atoms with Gasteiger partial charge < -0.3 is 10.4 Å². The van der Waals surface area contributed by atoms with Crippen LogP contribution in [0.2, 0.25) is 0 Å². The molecule has 0 fully saturated rings. The number of carbonyl (C=O) groups is 2. The summed E-state index contributed by atoms with van der Waals surface area (Å²) in [6.07, 6.45) is 1.65. The van der Waals surface area contributed by atoms with E-state index in [4.69, 9.17) is 5.11 Å². The van der Waals surface area contributed by atoms with Crippen LogP contribution in [0, 0.1) is 5.92 Å². The summed E-state index contributed by atoms with van der Waals surface area (Å²) in [5.74, 6) is -1.66. The Balaban J connectivity index is 2.75. The first-order valence-corrected chi connectivity index (χ1v) is 5.87. The standard InChI is InChI=1S/C12H19N3O3/c1-7(2)10-9(6-15(4)14-10)11(16)13-5-8(3)12(17)18/h6-8H,5H2,1-4H3,(H,13,16)(H,17,18). The summed E-state index contributed by atoms with van der Waals surface area (Å²) < 4.78 is 1.59. The number of carboxylic acids is 1. The van der Waals surface area contributed by atoms with Crippen LogP contribution in [0.4, 0.5) is 0 Å². The summed E-state index contributed by atoms with van der Waals surface area (Å²) >= 11 is 0. The van der Waals surface area contributed by atoms with Gasteiger partial charge in [-0.15, -0.1) is 0 Å². The monoisotopic (exact) mass is 253 g/mol. The molecule has 1 amide bonds. The molecule has 18 heavy (non-hydrogen) atoms. The number of carbonyl (C=O) groups excluding carboxylic acids is 1. The van der Waals surface area contributed by atoms with Gasteiger partial charge in [-0.05, 0) is 5.92 Å². The van der Waals surface area contributed by atoms with Crippen molar-refractivity contribution in [1.29, 1.82) is 0 Å². The van der Waals surface area contributed by atoms with Crippen LogP contribution in [0.15, 0.2) is 6.20 Å². The molecule has 1 atom stereocenters. The molecule has 1 aromatic heterocycles. The van der Waals surface area contributed by atoms with Gasteiger partial charge in [-0.25, -0.2) is 0 Å². The van der Waals surface area contributed by atoms with Gasteiger partial charge in [0.15, 0.2) is 0 Å². The molecule has 6 nitrogen and oxygen atoms in total. The molecule has 6 heteroatoms. The first-order chi connectivity index (χ1) is 8.32. The third-order valence-electron chi connectivity index (χ3n) is 2.64. The lowest BCUT2D eigenvalue weighted by Gasteiger charge is -2.09. The number of aryl methyl sites for hydroxylation is 1. The van der Waals surface area contributed by atoms with Crippen molar-refractivity contribution < 1.29 is 14.7 Å². The molecule has 0 aliphatic heterocycles. The van der Waals surface area contributed by atoms with Crippen LogP contribution in [-0.4, -0.2) is 33.3 Å². The number of aromatic nitrogens is 2. The third kappa shape index (κ3) is 3.32. The van der Waals surface area contributed by atoms with E-state index < -0.39 is 11.9 Å². The molecule has 1 rings (SSSR count). The Morgan fingerprint density at radius 2 is 2.06 bits per heavy atom. The van der Waals surface area contributed by atoms with Gasteiger partial charge in [0.05, 0.1) is 17.2 Å². The van der Waals surface area contributed by atoms with Crippen molar-refractivity contribution in [3.63, 3.8) is 0 Å². The van der Waals surface area contributed by atoms with Gasteiger partial charge in [0.25, 0.3) is 5.91 Å². The lowest BCUT2D eigenvalue weighted by Crippen LogP contribution is -2.31. The Bertz CT molecular complexity index is 451. The van der Waals surface area contributed by atoms with E-state index >= 15 is 0 Å². The Labute approximate surface area is 106 Å². The summed E-state index contributed by atoms with van der Waals surface area (Å²) in [7, 11) is 1.75. The zero-order valence-corrected chi connectivity index (χ0v) is 11.1. The average Bonchev–Trinajstić information content (AvgIpc) is 2.67. The number of hydrogen-bond donors (Lipinski definition) is 2. The predicted octanol–water partition coefficient (Wildman–Crippen LogP) is 0.994. The molecule has 0 aliphatic carbocycles. The van der Waals surface area contributed by atoms with Gasteiger partial charge in [-0.2, -0.15) is 5.10 Å². The lowest BCUT2D eigenvalue weighted by atomic mass is 10.1. The van der Waals surface area contributed by atoms with E-state index in [9.17, 15) is 9.59 Å². The number of carboxylic acid groups (broad SMARTS) is 1. The Kier molecular flexibility index (Phi) is 4.47. The maximum absolute atomic E-state index is 12.0. The van der Waals surface area contributed by atoms with E-state index in [1.54, 1.807) is 24.9 Å². The minimum Gasteiger partial charge on any atom is -0.481 e. The molecule has 0 aliphatic rings. The van der Waals surface area contributed by atoms with Crippen LogP contribution < -0.4 is 5.32 Å². The molecule has 1 aromatic rings. The maximum Gasteiger partial charge on any atom is 0.308 e. The molecule has 1 unspecified atom stereocenters. The zero-order chi connectivity index (χ0) is 13.9. The first-order valence-electron chi connectivity index (χ1n) is 5.87. The first kappa shape index (κ1) is 14.2. The van der Waals surface area contributed by atoms with E-state index in [0.29, 0.717) is 5.56 Å². The van der Waals surface area contributed by atoms with Crippen molar-refractivity contribution in [2.24, 2.45) is 13.0 Å². The lowest BCUT2D eigenvalue weighted by molar-refractivity contribution is -0.140. The Morgan fingerprint density at radius 1 is 1.44 bits per heavy atom. The summed E-state index contributed by atoms with van der Waals surface area (Å²) in [6, 6.07) is 0. The topological polar surface area (TPSA) is 84.2 Å². The van der Waals surface area contributed by atoms with Crippen molar-refractivity contribution in [3.8, 4) is 0 Å². The Hall–Kier alpha value is -1.85. The highest BCUT2D eigenvalue weighted by atomic mass is 16.4. The zero-order valence-electron chi connectivity index (χ0n) is 11.1. The maximum atomic E-state index is 12.0. The Morgan fingerprint density at radius 3 is 2.56 bits per heavy atom. The van der Waals surface area contributed by atoms with Crippen molar-refractivity contribution in [1.82, 2.24) is 15.1 Å². The van der Waals surface area contributed by atoms with Crippen LogP contribution in [0.3, 0.4) is 0 Å². The smallest absolute Gasteiger partial charge is 0.308 e. The SMILES string of the molecule is CC(CNC(=O)c1cn(C)nc1C(C)C)C(=O)O. The summed E-state index contributed by atoms with van der Waals surface area (Å²) in [4.78, 5) is 22.6. The van der Waals surface area contributed by atoms with E-state index in [0.717, 1.165) is 5.69 Å². The summed E-state index contributed by atoms with van der Waals surface area (Å²) in [5, 5.41) is 15.6. The molecule has 0 radical (unpaired) electrons. The van der Waals surface area contributed by atoms with Crippen molar-refractivity contribution in [3.05, 3.63) is 17.5 Å². The van der Waals surface area contributed by atoms with Crippen molar-refractivity contribution in [2.75, 3.05) is 6.54 Å². The second-order valence-electron chi connectivity index (χ2n) is 4.71. The number of aliphatic carboxylic acids is 1. The molecule has 1 heterocycles. The molecule has 0 bridgehead atoms. The van der Waals surface area contributed by atoms with E-state index in [1.165, 1.54) is 0 Å². The molecule has 100 valence electrons. The molecule has 0 saturated heterocycles. The van der Waals surface area contributed by atoms with E-state index in [2.05, 4.69) is 10.4 Å². The molecule has 0 saturated carbocycles.